The molecule has 2 saturated heterocycles. The van der Waals surface area contributed by atoms with E-state index in [0.717, 1.165) is 17.6 Å². The maximum atomic E-state index is 4.09. The lowest BCUT2D eigenvalue weighted by atomic mass is 9.96. The first kappa shape index (κ1) is 18.4. The molecule has 23 heavy (non-hydrogen) atoms. The molecular formula is C17H26Cl2N4. The second kappa shape index (κ2) is 7.73. The van der Waals surface area contributed by atoms with Gasteiger partial charge in [0.1, 0.15) is 0 Å². The van der Waals surface area contributed by atoms with Gasteiger partial charge in [0.25, 0.3) is 0 Å². The van der Waals surface area contributed by atoms with E-state index in [1.807, 2.05) is 6.20 Å². The van der Waals surface area contributed by atoms with E-state index < -0.39 is 0 Å². The molecule has 2 aliphatic heterocycles. The van der Waals surface area contributed by atoms with Crippen molar-refractivity contribution in [3.8, 4) is 0 Å². The Labute approximate surface area is 150 Å². The zero-order valence-electron chi connectivity index (χ0n) is 13.5. The SMILES string of the molecule is CCCN1C2CCC1CC(Nc1ccc3[nH]ncc3c1)C2.Cl.Cl. The highest BCUT2D eigenvalue weighted by Gasteiger charge is 2.39. The third-order valence-electron chi connectivity index (χ3n) is 5.18. The predicted octanol–water partition coefficient (Wildman–Crippen LogP) is 4.22. The molecular weight excluding hydrogens is 331 g/mol. The Bertz CT molecular complexity index is 616. The molecule has 4 rings (SSSR count). The van der Waals surface area contributed by atoms with Crippen molar-refractivity contribution in [3.63, 3.8) is 0 Å². The fourth-order valence-corrected chi connectivity index (χ4v) is 4.28. The van der Waals surface area contributed by atoms with E-state index in [-0.39, 0.29) is 24.8 Å². The number of rotatable bonds is 4. The second-order valence-corrected chi connectivity index (χ2v) is 6.61. The van der Waals surface area contributed by atoms with Crippen LogP contribution in [0.15, 0.2) is 24.4 Å². The van der Waals surface area contributed by atoms with Crippen molar-refractivity contribution < 1.29 is 0 Å². The fourth-order valence-electron chi connectivity index (χ4n) is 4.28. The largest absolute Gasteiger partial charge is 0.382 e. The lowest BCUT2D eigenvalue weighted by Crippen LogP contribution is -2.47. The zero-order valence-corrected chi connectivity index (χ0v) is 15.1. The van der Waals surface area contributed by atoms with E-state index in [2.05, 4.69) is 45.5 Å². The van der Waals surface area contributed by atoms with Gasteiger partial charge in [-0.25, -0.2) is 0 Å². The van der Waals surface area contributed by atoms with Crippen LogP contribution < -0.4 is 5.32 Å². The number of nitrogens with zero attached hydrogens (tertiary/aromatic N) is 2. The lowest BCUT2D eigenvalue weighted by Gasteiger charge is -2.39. The number of aromatic nitrogens is 2. The number of aromatic amines is 1. The Morgan fingerprint density at radius 1 is 1.22 bits per heavy atom. The normalized spacial score (nSPS) is 26.6. The molecule has 0 spiro atoms. The number of benzene rings is 1. The Morgan fingerprint density at radius 2 is 1.96 bits per heavy atom. The highest BCUT2D eigenvalue weighted by atomic mass is 35.5. The molecule has 0 saturated carbocycles. The average Bonchev–Trinajstić information content (AvgIpc) is 3.02. The van der Waals surface area contributed by atoms with Gasteiger partial charge in [-0.15, -0.1) is 24.8 Å². The molecule has 1 aromatic heterocycles. The van der Waals surface area contributed by atoms with Gasteiger partial charge in [-0.1, -0.05) is 6.92 Å². The minimum absolute atomic E-state index is 0. The summed E-state index contributed by atoms with van der Waals surface area (Å²) >= 11 is 0. The summed E-state index contributed by atoms with van der Waals surface area (Å²) in [6.45, 7) is 3.58. The highest BCUT2D eigenvalue weighted by Crippen LogP contribution is 2.36. The van der Waals surface area contributed by atoms with Crippen molar-refractivity contribution >= 4 is 41.4 Å². The smallest absolute Gasteiger partial charge is 0.0651 e. The summed E-state index contributed by atoms with van der Waals surface area (Å²) in [5, 5.41) is 12.0. The van der Waals surface area contributed by atoms with Crippen LogP contribution in [0.4, 0.5) is 5.69 Å². The molecule has 2 aliphatic rings. The van der Waals surface area contributed by atoms with Gasteiger partial charge in [-0.3, -0.25) is 10.00 Å². The van der Waals surface area contributed by atoms with Crippen molar-refractivity contribution in [1.29, 1.82) is 0 Å². The van der Waals surface area contributed by atoms with Gasteiger partial charge >= 0.3 is 0 Å². The quantitative estimate of drug-likeness (QED) is 0.861. The number of nitrogens with one attached hydrogen (secondary N) is 2. The van der Waals surface area contributed by atoms with Crippen molar-refractivity contribution in [2.75, 3.05) is 11.9 Å². The molecule has 2 aromatic rings. The molecule has 2 fully saturated rings. The molecule has 2 N–H and O–H groups in total. The molecule has 128 valence electrons. The van der Waals surface area contributed by atoms with E-state index >= 15 is 0 Å². The van der Waals surface area contributed by atoms with Crippen molar-refractivity contribution in [1.82, 2.24) is 15.1 Å². The van der Waals surface area contributed by atoms with Crippen LogP contribution in [0.2, 0.25) is 0 Å². The minimum Gasteiger partial charge on any atom is -0.382 e. The maximum Gasteiger partial charge on any atom is 0.0651 e. The number of H-pyrrole nitrogens is 1. The van der Waals surface area contributed by atoms with E-state index in [4.69, 9.17) is 0 Å². The second-order valence-electron chi connectivity index (χ2n) is 6.61. The maximum absolute atomic E-state index is 4.09. The fraction of sp³-hybridized carbons (Fsp3) is 0.588. The monoisotopic (exact) mass is 356 g/mol. The van der Waals surface area contributed by atoms with Crippen LogP contribution >= 0.6 is 24.8 Å². The highest BCUT2D eigenvalue weighted by molar-refractivity contribution is 5.85. The number of hydrogen-bond acceptors (Lipinski definition) is 3. The lowest BCUT2D eigenvalue weighted by molar-refractivity contribution is 0.133. The molecule has 2 unspecified atom stereocenters. The number of halogens is 2. The number of fused-ring (bicyclic) bond motifs is 3. The molecule has 0 radical (unpaired) electrons. The van der Waals surface area contributed by atoms with Crippen LogP contribution in [0, 0.1) is 0 Å². The van der Waals surface area contributed by atoms with Crippen molar-refractivity contribution in [2.24, 2.45) is 0 Å². The Kier molecular flexibility index (Phi) is 6.18. The van der Waals surface area contributed by atoms with Gasteiger partial charge < -0.3 is 5.32 Å². The van der Waals surface area contributed by atoms with Crippen LogP contribution in [0.3, 0.4) is 0 Å². The topological polar surface area (TPSA) is 44.0 Å². The summed E-state index contributed by atoms with van der Waals surface area (Å²) in [7, 11) is 0. The predicted molar refractivity (Wildman–Crippen MR) is 101 cm³/mol. The van der Waals surface area contributed by atoms with Gasteiger partial charge in [0.05, 0.1) is 11.7 Å². The van der Waals surface area contributed by atoms with E-state index in [0.29, 0.717) is 6.04 Å². The molecule has 0 amide bonds. The van der Waals surface area contributed by atoms with Gasteiger partial charge in [0, 0.05) is 29.2 Å². The molecule has 2 bridgehead atoms. The number of hydrogen-bond donors (Lipinski definition) is 2. The van der Waals surface area contributed by atoms with Crippen LogP contribution in [-0.4, -0.2) is 39.8 Å². The number of piperidine rings is 1. The van der Waals surface area contributed by atoms with Crippen molar-refractivity contribution in [2.45, 2.75) is 57.2 Å². The van der Waals surface area contributed by atoms with Gasteiger partial charge in [0.15, 0.2) is 0 Å². The molecule has 1 aromatic carbocycles. The summed E-state index contributed by atoms with van der Waals surface area (Å²) in [6.07, 6.45) is 8.55. The first-order valence-corrected chi connectivity index (χ1v) is 8.29. The minimum atomic E-state index is 0. The average molecular weight is 357 g/mol. The summed E-state index contributed by atoms with van der Waals surface area (Å²) in [6, 6.07) is 8.73. The summed E-state index contributed by atoms with van der Waals surface area (Å²) < 4.78 is 0. The van der Waals surface area contributed by atoms with Crippen LogP contribution in [0.5, 0.6) is 0 Å². The molecule has 0 aliphatic carbocycles. The Morgan fingerprint density at radius 3 is 2.65 bits per heavy atom. The van der Waals surface area contributed by atoms with Crippen LogP contribution in [-0.2, 0) is 0 Å². The van der Waals surface area contributed by atoms with E-state index in [1.54, 1.807) is 0 Å². The first-order chi connectivity index (χ1) is 10.3. The van der Waals surface area contributed by atoms with Gasteiger partial charge in [0.2, 0.25) is 0 Å². The van der Waals surface area contributed by atoms with Crippen LogP contribution in [0.1, 0.15) is 39.0 Å². The zero-order chi connectivity index (χ0) is 14.2. The third kappa shape index (κ3) is 3.59. The molecule has 4 nitrogen and oxygen atoms in total. The van der Waals surface area contributed by atoms with Crippen LogP contribution in [0.25, 0.3) is 10.9 Å². The van der Waals surface area contributed by atoms with E-state index in [9.17, 15) is 0 Å². The van der Waals surface area contributed by atoms with Crippen molar-refractivity contribution in [3.05, 3.63) is 24.4 Å². The molecule has 6 heteroatoms. The Balaban J connectivity index is 0.000000960. The summed E-state index contributed by atoms with van der Waals surface area (Å²) in [4.78, 5) is 2.76. The van der Waals surface area contributed by atoms with E-state index in [1.165, 1.54) is 49.7 Å². The standard InChI is InChI=1S/C17H24N4.2ClH/c1-2-7-21-15-4-5-16(21)10-14(9-15)19-13-3-6-17-12(8-13)11-18-20-17;;/h3,6,8,11,14-16,19H,2,4-5,7,9-10H2,1H3,(H,18,20);2*1H. The number of anilines is 1. The first-order valence-electron chi connectivity index (χ1n) is 8.29. The Hall–Kier alpha value is -0.970. The molecule has 2 atom stereocenters. The summed E-state index contributed by atoms with van der Waals surface area (Å²) in [5.41, 5.74) is 2.34. The summed E-state index contributed by atoms with van der Waals surface area (Å²) in [5.74, 6) is 0. The van der Waals surface area contributed by atoms with Gasteiger partial charge in [-0.2, -0.15) is 5.10 Å². The van der Waals surface area contributed by atoms with Gasteiger partial charge in [-0.05, 0) is 56.8 Å². The molecule has 3 heterocycles. The third-order valence-corrected chi connectivity index (χ3v) is 5.18.